The van der Waals surface area contributed by atoms with Crippen LogP contribution < -0.4 is 5.32 Å². The van der Waals surface area contributed by atoms with Crippen LogP contribution in [0.15, 0.2) is 10.5 Å². The molecule has 0 aliphatic carbocycles. The quantitative estimate of drug-likeness (QED) is 0.724. The summed E-state index contributed by atoms with van der Waals surface area (Å²) in [6, 6.07) is 1.72. The lowest BCUT2D eigenvalue weighted by atomic mass is 10.2. The van der Waals surface area contributed by atoms with Crippen LogP contribution in [0.2, 0.25) is 0 Å². The molecule has 1 heterocycles. The van der Waals surface area contributed by atoms with Crippen molar-refractivity contribution in [3.63, 3.8) is 0 Å². The molecule has 0 aliphatic heterocycles. The SMILES string of the molecule is COCC(CNCc1cc(C)c(C(=O)O)o1)OC. The first-order valence-corrected chi connectivity index (χ1v) is 5.63. The van der Waals surface area contributed by atoms with Crippen LogP contribution in [-0.4, -0.2) is 44.6 Å². The number of hydrogen-bond acceptors (Lipinski definition) is 5. The molecule has 0 saturated heterocycles. The average Bonchev–Trinajstić information content (AvgIpc) is 2.69. The minimum atomic E-state index is -1.05. The summed E-state index contributed by atoms with van der Waals surface area (Å²) in [5.74, 6) is -0.461. The highest BCUT2D eigenvalue weighted by atomic mass is 16.5. The van der Waals surface area contributed by atoms with E-state index in [1.165, 1.54) is 0 Å². The number of carbonyl (C=O) groups is 1. The summed E-state index contributed by atoms with van der Waals surface area (Å²) in [6.45, 7) is 3.27. The van der Waals surface area contributed by atoms with Gasteiger partial charge in [-0.15, -0.1) is 0 Å². The Morgan fingerprint density at radius 1 is 1.56 bits per heavy atom. The molecule has 18 heavy (non-hydrogen) atoms. The fourth-order valence-corrected chi connectivity index (χ4v) is 1.60. The fourth-order valence-electron chi connectivity index (χ4n) is 1.60. The van der Waals surface area contributed by atoms with Crippen LogP contribution in [0.3, 0.4) is 0 Å². The Labute approximate surface area is 106 Å². The van der Waals surface area contributed by atoms with Gasteiger partial charge in [0.2, 0.25) is 5.76 Å². The van der Waals surface area contributed by atoms with Gasteiger partial charge in [0.25, 0.3) is 0 Å². The largest absolute Gasteiger partial charge is 0.475 e. The molecule has 1 unspecified atom stereocenters. The maximum atomic E-state index is 10.8. The first-order valence-electron chi connectivity index (χ1n) is 5.63. The summed E-state index contributed by atoms with van der Waals surface area (Å²) >= 11 is 0. The number of nitrogens with one attached hydrogen (secondary N) is 1. The molecule has 0 radical (unpaired) electrons. The smallest absolute Gasteiger partial charge is 0.372 e. The van der Waals surface area contributed by atoms with Gasteiger partial charge >= 0.3 is 5.97 Å². The number of ether oxygens (including phenoxy) is 2. The lowest BCUT2D eigenvalue weighted by molar-refractivity contribution is 0.0285. The van der Waals surface area contributed by atoms with Gasteiger partial charge < -0.3 is 24.3 Å². The first kappa shape index (κ1) is 14.7. The van der Waals surface area contributed by atoms with Gasteiger partial charge in [0.15, 0.2) is 0 Å². The molecule has 6 heteroatoms. The second-order valence-corrected chi connectivity index (χ2v) is 3.97. The van der Waals surface area contributed by atoms with Crippen molar-refractivity contribution < 1.29 is 23.8 Å². The highest BCUT2D eigenvalue weighted by Crippen LogP contribution is 2.14. The van der Waals surface area contributed by atoms with E-state index >= 15 is 0 Å². The van der Waals surface area contributed by atoms with Crippen LogP contribution in [0.1, 0.15) is 21.9 Å². The Morgan fingerprint density at radius 2 is 2.28 bits per heavy atom. The van der Waals surface area contributed by atoms with Crippen LogP contribution in [0.4, 0.5) is 0 Å². The predicted molar refractivity (Wildman–Crippen MR) is 64.8 cm³/mol. The van der Waals surface area contributed by atoms with Crippen molar-refractivity contribution >= 4 is 5.97 Å². The van der Waals surface area contributed by atoms with Gasteiger partial charge in [-0.05, 0) is 13.0 Å². The van der Waals surface area contributed by atoms with Gasteiger partial charge in [0.05, 0.1) is 19.3 Å². The highest BCUT2D eigenvalue weighted by Gasteiger charge is 2.14. The van der Waals surface area contributed by atoms with E-state index in [0.29, 0.717) is 31.0 Å². The van der Waals surface area contributed by atoms with E-state index in [0.717, 1.165) is 0 Å². The molecule has 0 fully saturated rings. The van der Waals surface area contributed by atoms with Crippen molar-refractivity contribution in [1.82, 2.24) is 5.32 Å². The average molecular weight is 257 g/mol. The van der Waals surface area contributed by atoms with Crippen molar-refractivity contribution in [3.05, 3.63) is 23.2 Å². The number of hydrogen-bond donors (Lipinski definition) is 2. The number of aromatic carboxylic acids is 1. The van der Waals surface area contributed by atoms with Gasteiger partial charge in [0, 0.05) is 26.3 Å². The summed E-state index contributed by atoms with van der Waals surface area (Å²) in [5, 5.41) is 12.0. The van der Waals surface area contributed by atoms with Crippen molar-refractivity contribution in [1.29, 1.82) is 0 Å². The molecule has 1 aromatic heterocycles. The summed E-state index contributed by atoms with van der Waals surface area (Å²) in [4.78, 5) is 10.8. The second kappa shape index (κ2) is 7.15. The minimum absolute atomic E-state index is 0.00742. The lowest BCUT2D eigenvalue weighted by Crippen LogP contribution is -2.31. The third-order valence-electron chi connectivity index (χ3n) is 2.52. The summed E-state index contributed by atoms with van der Waals surface area (Å²) in [7, 11) is 3.23. The van der Waals surface area contributed by atoms with Gasteiger partial charge in [-0.2, -0.15) is 0 Å². The summed E-state index contributed by atoms with van der Waals surface area (Å²) < 4.78 is 15.4. The molecule has 2 N–H and O–H groups in total. The van der Waals surface area contributed by atoms with Crippen molar-refractivity contribution in [2.45, 2.75) is 19.6 Å². The topological polar surface area (TPSA) is 80.9 Å². The Balaban J connectivity index is 2.44. The molecule has 6 nitrogen and oxygen atoms in total. The van der Waals surface area contributed by atoms with Gasteiger partial charge in [0.1, 0.15) is 5.76 Å². The summed E-state index contributed by atoms with van der Waals surface area (Å²) in [6.07, 6.45) is -0.0370. The number of rotatable bonds is 8. The molecule has 1 atom stereocenters. The second-order valence-electron chi connectivity index (χ2n) is 3.97. The van der Waals surface area contributed by atoms with Crippen molar-refractivity contribution in [2.24, 2.45) is 0 Å². The van der Waals surface area contributed by atoms with Crippen LogP contribution in [-0.2, 0) is 16.0 Å². The molecule has 102 valence electrons. The Hall–Kier alpha value is -1.37. The third kappa shape index (κ3) is 4.14. The number of aryl methyl sites for hydroxylation is 1. The Kier molecular flexibility index (Phi) is 5.84. The van der Waals surface area contributed by atoms with Crippen LogP contribution in [0.5, 0.6) is 0 Å². The monoisotopic (exact) mass is 257 g/mol. The molecule has 0 amide bonds. The maximum absolute atomic E-state index is 10.8. The van der Waals surface area contributed by atoms with Gasteiger partial charge in [-0.3, -0.25) is 0 Å². The standard InChI is InChI=1S/C12H19NO5/c1-8-4-9(18-11(8)12(14)15)5-13-6-10(17-3)7-16-2/h4,10,13H,5-7H2,1-3H3,(H,14,15). The zero-order valence-electron chi connectivity index (χ0n) is 10.9. The minimum Gasteiger partial charge on any atom is -0.475 e. The maximum Gasteiger partial charge on any atom is 0.372 e. The van der Waals surface area contributed by atoms with Crippen LogP contribution in [0, 0.1) is 6.92 Å². The van der Waals surface area contributed by atoms with Gasteiger partial charge in [-0.25, -0.2) is 4.79 Å². The molecule has 0 aliphatic rings. The zero-order chi connectivity index (χ0) is 13.5. The van der Waals surface area contributed by atoms with E-state index in [1.54, 1.807) is 27.2 Å². The molecule has 1 rings (SSSR count). The highest BCUT2D eigenvalue weighted by molar-refractivity contribution is 5.86. The van der Waals surface area contributed by atoms with E-state index < -0.39 is 5.97 Å². The van der Waals surface area contributed by atoms with Crippen LogP contribution >= 0.6 is 0 Å². The normalized spacial score (nSPS) is 12.6. The number of carboxylic acids is 1. The third-order valence-corrected chi connectivity index (χ3v) is 2.52. The Bertz CT molecular complexity index is 388. The Morgan fingerprint density at radius 3 is 2.78 bits per heavy atom. The first-order chi connectivity index (χ1) is 8.58. The van der Waals surface area contributed by atoms with E-state index in [1.807, 2.05) is 0 Å². The molecule has 0 saturated carbocycles. The molecule has 1 aromatic rings. The molecular weight excluding hydrogens is 238 g/mol. The van der Waals surface area contributed by atoms with E-state index in [4.69, 9.17) is 19.0 Å². The number of carboxylic acid groups (broad SMARTS) is 1. The molecular formula is C12H19NO5. The van der Waals surface area contributed by atoms with E-state index in [9.17, 15) is 4.79 Å². The van der Waals surface area contributed by atoms with Crippen molar-refractivity contribution in [2.75, 3.05) is 27.4 Å². The number of furan rings is 1. The van der Waals surface area contributed by atoms with Crippen molar-refractivity contribution in [3.8, 4) is 0 Å². The molecule has 0 spiro atoms. The zero-order valence-corrected chi connectivity index (χ0v) is 10.9. The fraction of sp³-hybridized carbons (Fsp3) is 0.583. The predicted octanol–water partition coefficient (Wildman–Crippen LogP) is 1.04. The molecule has 0 aromatic carbocycles. The lowest BCUT2D eigenvalue weighted by Gasteiger charge is -2.14. The van der Waals surface area contributed by atoms with E-state index in [2.05, 4.69) is 5.32 Å². The van der Waals surface area contributed by atoms with Gasteiger partial charge in [-0.1, -0.05) is 0 Å². The van der Waals surface area contributed by atoms with Crippen LogP contribution in [0.25, 0.3) is 0 Å². The molecule has 0 bridgehead atoms. The van der Waals surface area contributed by atoms with E-state index in [-0.39, 0.29) is 11.9 Å². The number of methoxy groups -OCH3 is 2. The summed E-state index contributed by atoms with van der Waals surface area (Å²) in [5.41, 5.74) is 0.625.